The van der Waals surface area contributed by atoms with Gasteiger partial charge in [-0.3, -0.25) is 9.36 Å². The molecule has 6 heteroatoms. The second kappa shape index (κ2) is 7.39. The summed E-state index contributed by atoms with van der Waals surface area (Å²) in [5.41, 5.74) is 5.80. The van der Waals surface area contributed by atoms with E-state index < -0.39 is 0 Å². The molecule has 0 amide bonds. The zero-order valence-corrected chi connectivity index (χ0v) is 17.4. The monoisotopic (exact) mass is 413 g/mol. The van der Waals surface area contributed by atoms with E-state index in [4.69, 9.17) is 4.42 Å². The van der Waals surface area contributed by atoms with Gasteiger partial charge in [0.25, 0.3) is 5.56 Å². The van der Waals surface area contributed by atoms with Crippen molar-refractivity contribution in [3.8, 4) is 22.6 Å². The van der Waals surface area contributed by atoms with Crippen molar-refractivity contribution in [2.75, 3.05) is 0 Å². The van der Waals surface area contributed by atoms with E-state index in [1.54, 1.807) is 17.2 Å². The molecular formula is C24H19N3O2S. The van der Waals surface area contributed by atoms with Gasteiger partial charge >= 0.3 is 0 Å². The number of thiophene rings is 1. The molecule has 3 heterocycles. The van der Waals surface area contributed by atoms with Gasteiger partial charge in [0, 0.05) is 16.5 Å². The first kappa shape index (κ1) is 18.5. The molecule has 5 rings (SSSR count). The van der Waals surface area contributed by atoms with Gasteiger partial charge in [0.1, 0.15) is 11.1 Å². The van der Waals surface area contributed by atoms with Gasteiger partial charge in [-0.2, -0.15) is 0 Å². The Balaban J connectivity index is 1.52. The van der Waals surface area contributed by atoms with Crippen molar-refractivity contribution in [3.05, 3.63) is 93.7 Å². The molecule has 3 aromatic heterocycles. The Morgan fingerprint density at radius 2 is 1.90 bits per heavy atom. The maximum atomic E-state index is 13.2. The highest BCUT2D eigenvalue weighted by Crippen LogP contribution is 2.30. The molecule has 0 aliphatic heterocycles. The zero-order chi connectivity index (χ0) is 20.7. The van der Waals surface area contributed by atoms with E-state index in [1.165, 1.54) is 16.9 Å². The molecule has 0 unspecified atom stereocenters. The molecule has 0 atom stereocenters. The van der Waals surface area contributed by atoms with Crippen LogP contribution in [0.1, 0.15) is 16.8 Å². The van der Waals surface area contributed by atoms with Crippen molar-refractivity contribution in [1.29, 1.82) is 0 Å². The van der Waals surface area contributed by atoms with Crippen LogP contribution in [0.3, 0.4) is 0 Å². The summed E-state index contributed by atoms with van der Waals surface area (Å²) in [5.74, 6) is 0.560. The highest BCUT2D eigenvalue weighted by Gasteiger charge is 2.15. The van der Waals surface area contributed by atoms with Crippen molar-refractivity contribution in [2.24, 2.45) is 0 Å². The van der Waals surface area contributed by atoms with Crippen LogP contribution in [-0.2, 0) is 6.54 Å². The second-order valence-electron chi connectivity index (χ2n) is 7.34. The van der Waals surface area contributed by atoms with E-state index in [-0.39, 0.29) is 5.56 Å². The smallest absolute Gasteiger partial charge is 0.263 e. The van der Waals surface area contributed by atoms with E-state index in [9.17, 15) is 4.79 Å². The second-order valence-corrected chi connectivity index (χ2v) is 8.19. The Morgan fingerprint density at radius 3 is 2.70 bits per heavy atom. The van der Waals surface area contributed by atoms with Crippen LogP contribution in [0.4, 0.5) is 0 Å². The number of oxazole rings is 1. The van der Waals surface area contributed by atoms with Crippen molar-refractivity contribution in [3.63, 3.8) is 0 Å². The molecule has 0 spiro atoms. The van der Waals surface area contributed by atoms with Gasteiger partial charge in [-0.25, -0.2) is 9.97 Å². The van der Waals surface area contributed by atoms with Crippen LogP contribution >= 0.6 is 11.3 Å². The lowest BCUT2D eigenvalue weighted by Gasteiger charge is -2.04. The van der Waals surface area contributed by atoms with Crippen molar-refractivity contribution >= 4 is 21.6 Å². The quantitative estimate of drug-likeness (QED) is 0.393. The SMILES string of the molecule is Cc1ccc(-c2nc(Cn3cnc4scc(-c5ccccc5)c4c3=O)co2)c(C)c1. The van der Waals surface area contributed by atoms with Gasteiger partial charge in [-0.15, -0.1) is 11.3 Å². The fraction of sp³-hybridized carbons (Fsp3) is 0.125. The van der Waals surface area contributed by atoms with Gasteiger partial charge in [0.2, 0.25) is 5.89 Å². The molecule has 0 saturated heterocycles. The highest BCUT2D eigenvalue weighted by molar-refractivity contribution is 7.17. The molecule has 5 aromatic rings. The Labute approximate surface area is 177 Å². The predicted octanol–water partition coefficient (Wildman–Crippen LogP) is 5.45. The number of aromatic nitrogens is 3. The summed E-state index contributed by atoms with van der Waals surface area (Å²) in [6, 6.07) is 16.1. The first-order valence-electron chi connectivity index (χ1n) is 9.64. The summed E-state index contributed by atoms with van der Waals surface area (Å²) >= 11 is 1.48. The summed E-state index contributed by atoms with van der Waals surface area (Å²) < 4.78 is 7.29. The Kier molecular flexibility index (Phi) is 4.56. The zero-order valence-electron chi connectivity index (χ0n) is 16.6. The third kappa shape index (κ3) is 3.25. The molecule has 0 aliphatic rings. The third-order valence-corrected chi connectivity index (χ3v) is 6.03. The predicted molar refractivity (Wildman–Crippen MR) is 120 cm³/mol. The fourth-order valence-electron chi connectivity index (χ4n) is 3.64. The molecule has 2 aromatic carbocycles. The van der Waals surface area contributed by atoms with Crippen LogP contribution in [0.5, 0.6) is 0 Å². The molecule has 0 N–H and O–H groups in total. The van der Waals surface area contributed by atoms with Gasteiger partial charge in [0.15, 0.2) is 0 Å². The number of hydrogen-bond donors (Lipinski definition) is 0. The van der Waals surface area contributed by atoms with Crippen molar-refractivity contribution in [2.45, 2.75) is 20.4 Å². The maximum Gasteiger partial charge on any atom is 0.263 e. The van der Waals surface area contributed by atoms with E-state index in [2.05, 4.69) is 23.0 Å². The topological polar surface area (TPSA) is 60.9 Å². The number of fused-ring (bicyclic) bond motifs is 1. The molecule has 0 aliphatic carbocycles. The van der Waals surface area contributed by atoms with Crippen LogP contribution in [0, 0.1) is 13.8 Å². The van der Waals surface area contributed by atoms with Gasteiger partial charge in [-0.05, 0) is 31.0 Å². The van der Waals surface area contributed by atoms with Crippen LogP contribution in [0.2, 0.25) is 0 Å². The highest BCUT2D eigenvalue weighted by atomic mass is 32.1. The number of hydrogen-bond acceptors (Lipinski definition) is 5. The van der Waals surface area contributed by atoms with Crippen LogP contribution in [0.15, 0.2) is 75.7 Å². The first-order chi connectivity index (χ1) is 14.6. The minimum atomic E-state index is -0.0730. The number of nitrogens with zero attached hydrogens (tertiary/aromatic N) is 3. The third-order valence-electron chi connectivity index (χ3n) is 5.14. The Hall–Kier alpha value is -3.51. The molecule has 30 heavy (non-hydrogen) atoms. The maximum absolute atomic E-state index is 13.2. The van der Waals surface area contributed by atoms with Gasteiger partial charge in [-0.1, -0.05) is 48.0 Å². The van der Waals surface area contributed by atoms with Crippen LogP contribution in [0.25, 0.3) is 32.8 Å². The van der Waals surface area contributed by atoms with Crippen LogP contribution in [-0.4, -0.2) is 14.5 Å². The van der Waals surface area contributed by atoms with E-state index >= 15 is 0 Å². The minimum Gasteiger partial charge on any atom is -0.444 e. The summed E-state index contributed by atoms with van der Waals surface area (Å²) in [7, 11) is 0. The van der Waals surface area contributed by atoms with Gasteiger partial charge < -0.3 is 4.42 Å². The average molecular weight is 414 g/mol. The lowest BCUT2D eigenvalue weighted by Crippen LogP contribution is -2.21. The molecule has 0 fully saturated rings. The van der Waals surface area contributed by atoms with E-state index in [1.807, 2.05) is 54.8 Å². The summed E-state index contributed by atoms with van der Waals surface area (Å²) in [4.78, 5) is 23.1. The minimum absolute atomic E-state index is 0.0730. The lowest BCUT2D eigenvalue weighted by atomic mass is 10.1. The molecular weight excluding hydrogens is 394 g/mol. The molecule has 148 valence electrons. The largest absolute Gasteiger partial charge is 0.444 e. The molecule has 0 radical (unpaired) electrons. The Bertz CT molecular complexity index is 1410. The van der Waals surface area contributed by atoms with Crippen molar-refractivity contribution < 1.29 is 4.42 Å². The number of benzene rings is 2. The molecule has 5 nitrogen and oxygen atoms in total. The molecule has 0 bridgehead atoms. The van der Waals surface area contributed by atoms with Crippen LogP contribution < -0.4 is 5.56 Å². The summed E-state index contributed by atoms with van der Waals surface area (Å²) in [5, 5.41) is 2.64. The summed E-state index contributed by atoms with van der Waals surface area (Å²) in [6.07, 6.45) is 3.19. The molecule has 0 saturated carbocycles. The normalized spacial score (nSPS) is 11.3. The number of aryl methyl sites for hydroxylation is 2. The average Bonchev–Trinajstić information content (AvgIpc) is 3.38. The van der Waals surface area contributed by atoms with Gasteiger partial charge in [0.05, 0.1) is 24.0 Å². The lowest BCUT2D eigenvalue weighted by molar-refractivity contribution is 0.570. The fourth-order valence-corrected chi connectivity index (χ4v) is 4.55. The first-order valence-corrected chi connectivity index (χ1v) is 10.5. The summed E-state index contributed by atoms with van der Waals surface area (Å²) in [6.45, 7) is 4.40. The van der Waals surface area contributed by atoms with E-state index in [0.29, 0.717) is 23.5 Å². The standard InChI is InChI=1S/C24H19N3O2S/c1-15-8-9-19(16(2)10-15)22-26-18(12-29-22)11-27-14-25-23-21(24(27)28)20(13-30-23)17-6-4-3-5-7-17/h3-10,12-14H,11H2,1-2H3. The van der Waals surface area contributed by atoms with Crippen molar-refractivity contribution in [1.82, 2.24) is 14.5 Å². The Morgan fingerprint density at radius 1 is 1.07 bits per heavy atom. The van der Waals surface area contributed by atoms with E-state index in [0.717, 1.165) is 27.1 Å². The number of rotatable bonds is 4.